The molecule has 1 aromatic heterocycles. The number of benzene rings is 1. The van der Waals surface area contributed by atoms with Crippen LogP contribution in [0.15, 0.2) is 34.7 Å². The van der Waals surface area contributed by atoms with Crippen LogP contribution < -0.4 is 5.73 Å². The summed E-state index contributed by atoms with van der Waals surface area (Å²) in [6.45, 7) is 0. The molecule has 1 heterocycles. The molecule has 2 N–H and O–H groups in total. The van der Waals surface area contributed by atoms with E-state index in [-0.39, 0.29) is 12.4 Å². The minimum Gasteiger partial charge on any atom is -0.374 e. The van der Waals surface area contributed by atoms with E-state index in [9.17, 15) is 0 Å². The van der Waals surface area contributed by atoms with Gasteiger partial charge in [-0.2, -0.15) is 0 Å². The van der Waals surface area contributed by atoms with E-state index in [0.717, 1.165) is 10.1 Å². The van der Waals surface area contributed by atoms with E-state index in [1.54, 1.807) is 11.8 Å². The predicted molar refractivity (Wildman–Crippen MR) is 67.6 cm³/mol. The SMILES string of the molecule is Cl.Nc1nnc(SCc2ccccc2)s1. The van der Waals surface area contributed by atoms with Crippen LogP contribution in [0.1, 0.15) is 5.56 Å². The molecule has 0 amide bonds. The third kappa shape index (κ3) is 3.70. The molecule has 3 nitrogen and oxygen atoms in total. The van der Waals surface area contributed by atoms with E-state index in [0.29, 0.717) is 5.13 Å². The topological polar surface area (TPSA) is 51.8 Å². The Labute approximate surface area is 103 Å². The maximum atomic E-state index is 5.48. The molecule has 0 fully saturated rings. The molecule has 0 saturated carbocycles. The van der Waals surface area contributed by atoms with Gasteiger partial charge in [0.1, 0.15) is 0 Å². The second-order valence-electron chi connectivity index (χ2n) is 2.68. The summed E-state index contributed by atoms with van der Waals surface area (Å²) in [5.41, 5.74) is 6.76. The van der Waals surface area contributed by atoms with Crippen molar-refractivity contribution in [3.63, 3.8) is 0 Å². The van der Waals surface area contributed by atoms with Crippen LogP contribution in [-0.2, 0) is 5.75 Å². The number of halogens is 1. The smallest absolute Gasteiger partial charge is 0.203 e. The summed E-state index contributed by atoms with van der Waals surface area (Å²) < 4.78 is 0.923. The number of thioether (sulfide) groups is 1. The van der Waals surface area contributed by atoms with Gasteiger partial charge < -0.3 is 5.73 Å². The molecule has 0 spiro atoms. The molecule has 0 aliphatic carbocycles. The van der Waals surface area contributed by atoms with Crippen molar-refractivity contribution in [3.8, 4) is 0 Å². The van der Waals surface area contributed by atoms with Gasteiger partial charge in [0.15, 0.2) is 4.34 Å². The number of nitrogens with two attached hydrogens (primary N) is 1. The minimum atomic E-state index is 0. The fraction of sp³-hybridized carbons (Fsp3) is 0.111. The first-order chi connectivity index (χ1) is 6.84. The number of hydrogen-bond donors (Lipinski definition) is 1. The third-order valence-electron chi connectivity index (χ3n) is 1.63. The van der Waals surface area contributed by atoms with Crippen molar-refractivity contribution in [2.45, 2.75) is 10.1 Å². The highest BCUT2D eigenvalue weighted by molar-refractivity contribution is 8.00. The van der Waals surface area contributed by atoms with Gasteiger partial charge in [-0.05, 0) is 5.56 Å². The standard InChI is InChI=1S/C9H9N3S2.ClH/c10-8-11-12-9(14-8)13-6-7-4-2-1-3-5-7;/h1-5H,6H2,(H2,10,11);1H. The summed E-state index contributed by atoms with van der Waals surface area (Å²) in [5, 5.41) is 8.22. The van der Waals surface area contributed by atoms with Crippen LogP contribution in [-0.4, -0.2) is 10.2 Å². The lowest BCUT2D eigenvalue weighted by Gasteiger charge is -1.96. The molecule has 6 heteroatoms. The van der Waals surface area contributed by atoms with Crippen molar-refractivity contribution < 1.29 is 0 Å². The quantitative estimate of drug-likeness (QED) is 0.862. The van der Waals surface area contributed by atoms with Gasteiger partial charge in [0.2, 0.25) is 5.13 Å². The van der Waals surface area contributed by atoms with E-state index in [2.05, 4.69) is 22.3 Å². The van der Waals surface area contributed by atoms with Crippen LogP contribution in [0.2, 0.25) is 0 Å². The van der Waals surface area contributed by atoms with Gasteiger partial charge in [0, 0.05) is 5.75 Å². The van der Waals surface area contributed by atoms with Gasteiger partial charge in [-0.25, -0.2) is 0 Å². The van der Waals surface area contributed by atoms with Crippen LogP contribution in [0.25, 0.3) is 0 Å². The molecule has 0 unspecified atom stereocenters. The number of nitrogen functional groups attached to an aromatic ring is 1. The molecular weight excluding hydrogens is 250 g/mol. The molecule has 0 aliphatic heterocycles. The lowest BCUT2D eigenvalue weighted by atomic mass is 10.2. The largest absolute Gasteiger partial charge is 0.374 e. The Morgan fingerprint density at radius 3 is 2.53 bits per heavy atom. The molecule has 1 aromatic carbocycles. The average Bonchev–Trinajstić information content (AvgIpc) is 2.63. The zero-order valence-corrected chi connectivity index (χ0v) is 10.2. The maximum absolute atomic E-state index is 5.48. The highest BCUT2D eigenvalue weighted by Gasteiger charge is 2.01. The molecule has 2 rings (SSSR count). The Morgan fingerprint density at radius 1 is 1.20 bits per heavy atom. The number of anilines is 1. The first kappa shape index (κ1) is 12.3. The van der Waals surface area contributed by atoms with E-state index in [1.165, 1.54) is 16.9 Å². The Kier molecular flexibility index (Phi) is 4.87. The van der Waals surface area contributed by atoms with Crippen molar-refractivity contribution in [1.82, 2.24) is 10.2 Å². The number of hydrogen-bond acceptors (Lipinski definition) is 5. The van der Waals surface area contributed by atoms with Crippen molar-refractivity contribution in [2.24, 2.45) is 0 Å². The zero-order valence-electron chi connectivity index (χ0n) is 7.79. The fourth-order valence-electron chi connectivity index (χ4n) is 0.998. The zero-order chi connectivity index (χ0) is 9.80. The molecule has 0 saturated heterocycles. The predicted octanol–water partition coefficient (Wildman–Crippen LogP) is 2.83. The summed E-state index contributed by atoms with van der Waals surface area (Å²) in [6, 6.07) is 10.3. The summed E-state index contributed by atoms with van der Waals surface area (Å²) >= 11 is 3.08. The number of nitrogens with zero attached hydrogens (tertiary/aromatic N) is 2. The van der Waals surface area contributed by atoms with Gasteiger partial charge in [-0.15, -0.1) is 22.6 Å². The second-order valence-corrected chi connectivity index (χ2v) is 4.91. The van der Waals surface area contributed by atoms with E-state index in [1.807, 2.05) is 18.2 Å². The van der Waals surface area contributed by atoms with Crippen molar-refractivity contribution in [2.75, 3.05) is 5.73 Å². The summed E-state index contributed by atoms with van der Waals surface area (Å²) in [6.07, 6.45) is 0. The number of rotatable bonds is 3. The first-order valence-electron chi connectivity index (χ1n) is 4.10. The normalized spacial score (nSPS) is 9.60. The molecule has 0 aliphatic rings. The lowest BCUT2D eigenvalue weighted by molar-refractivity contribution is 1.02. The van der Waals surface area contributed by atoms with Gasteiger partial charge in [0.05, 0.1) is 0 Å². The Balaban J connectivity index is 0.00000112. The van der Waals surface area contributed by atoms with Crippen LogP contribution in [0.4, 0.5) is 5.13 Å². The molecule has 15 heavy (non-hydrogen) atoms. The van der Waals surface area contributed by atoms with Crippen molar-refractivity contribution >= 4 is 40.6 Å². The van der Waals surface area contributed by atoms with Gasteiger partial charge >= 0.3 is 0 Å². The molecular formula is C9H10ClN3S2. The van der Waals surface area contributed by atoms with Gasteiger partial charge in [-0.1, -0.05) is 53.4 Å². The Morgan fingerprint density at radius 2 is 1.93 bits per heavy atom. The molecule has 0 atom stereocenters. The Hall–Kier alpha value is -0.780. The fourth-order valence-corrected chi connectivity index (χ4v) is 2.59. The van der Waals surface area contributed by atoms with Crippen LogP contribution in [0, 0.1) is 0 Å². The highest BCUT2D eigenvalue weighted by Crippen LogP contribution is 2.26. The molecule has 2 aromatic rings. The van der Waals surface area contributed by atoms with E-state index >= 15 is 0 Å². The van der Waals surface area contributed by atoms with Gasteiger partial charge in [0.25, 0.3) is 0 Å². The Bertz CT molecular complexity index is 405. The second kappa shape index (κ2) is 5.95. The monoisotopic (exact) mass is 259 g/mol. The molecule has 80 valence electrons. The molecule has 0 radical (unpaired) electrons. The average molecular weight is 260 g/mol. The van der Waals surface area contributed by atoms with Crippen LogP contribution in [0.5, 0.6) is 0 Å². The summed E-state index contributed by atoms with van der Waals surface area (Å²) in [7, 11) is 0. The van der Waals surface area contributed by atoms with Crippen molar-refractivity contribution in [3.05, 3.63) is 35.9 Å². The summed E-state index contributed by atoms with van der Waals surface area (Å²) in [5.74, 6) is 0.912. The van der Waals surface area contributed by atoms with Crippen LogP contribution in [0.3, 0.4) is 0 Å². The highest BCUT2D eigenvalue weighted by atomic mass is 35.5. The third-order valence-corrected chi connectivity index (χ3v) is 3.58. The van der Waals surface area contributed by atoms with Crippen molar-refractivity contribution in [1.29, 1.82) is 0 Å². The maximum Gasteiger partial charge on any atom is 0.203 e. The first-order valence-corrected chi connectivity index (χ1v) is 5.90. The lowest BCUT2D eigenvalue weighted by Crippen LogP contribution is -1.80. The van der Waals surface area contributed by atoms with E-state index in [4.69, 9.17) is 5.73 Å². The van der Waals surface area contributed by atoms with E-state index < -0.39 is 0 Å². The molecule has 0 bridgehead atoms. The number of aromatic nitrogens is 2. The van der Waals surface area contributed by atoms with Crippen LogP contribution >= 0.6 is 35.5 Å². The van der Waals surface area contributed by atoms with Gasteiger partial charge in [-0.3, -0.25) is 0 Å². The summed E-state index contributed by atoms with van der Waals surface area (Å²) in [4.78, 5) is 0. The minimum absolute atomic E-state index is 0.